The minimum Gasteiger partial charge on any atom is -0.490 e. The van der Waals surface area contributed by atoms with Crippen LogP contribution in [-0.4, -0.2) is 31.6 Å². The summed E-state index contributed by atoms with van der Waals surface area (Å²) in [5.41, 5.74) is 3.35. The predicted molar refractivity (Wildman–Crippen MR) is 97.1 cm³/mol. The van der Waals surface area contributed by atoms with Crippen molar-refractivity contribution in [3.05, 3.63) is 54.1 Å². The highest BCUT2D eigenvalue weighted by molar-refractivity contribution is 7.98. The molecule has 24 heavy (non-hydrogen) atoms. The van der Waals surface area contributed by atoms with Crippen LogP contribution in [0.5, 0.6) is 11.5 Å². The molecule has 1 N–H and O–H groups in total. The molecule has 0 atom stereocenters. The molecule has 0 radical (unpaired) electrons. The van der Waals surface area contributed by atoms with Gasteiger partial charge in [-0.05, 0) is 43.0 Å². The van der Waals surface area contributed by atoms with Gasteiger partial charge in [0.25, 0.3) is 5.91 Å². The number of amides is 1. The first-order valence-corrected chi connectivity index (χ1v) is 8.76. The van der Waals surface area contributed by atoms with Gasteiger partial charge >= 0.3 is 0 Å². The zero-order chi connectivity index (χ0) is 17.2. The van der Waals surface area contributed by atoms with Gasteiger partial charge in [0.1, 0.15) is 0 Å². The number of hydrogen-bond donors (Lipinski definition) is 1. The van der Waals surface area contributed by atoms with Crippen molar-refractivity contribution in [1.82, 2.24) is 5.43 Å². The van der Waals surface area contributed by atoms with Crippen LogP contribution in [0, 0.1) is 0 Å². The molecule has 0 aromatic heterocycles. The first kappa shape index (κ1) is 17.9. The highest BCUT2D eigenvalue weighted by Gasteiger charge is 2.06. The topological polar surface area (TPSA) is 59.9 Å². The molecule has 0 aliphatic carbocycles. The van der Waals surface area contributed by atoms with E-state index >= 15 is 0 Å². The molecule has 2 rings (SSSR count). The summed E-state index contributed by atoms with van der Waals surface area (Å²) in [7, 11) is 0. The Kier molecular flexibility index (Phi) is 7.17. The third kappa shape index (κ3) is 5.62. The van der Waals surface area contributed by atoms with Crippen LogP contribution in [0.15, 0.2) is 58.5 Å². The first-order valence-electron chi connectivity index (χ1n) is 7.53. The van der Waals surface area contributed by atoms with Gasteiger partial charge in [0.2, 0.25) is 0 Å². The van der Waals surface area contributed by atoms with Crippen LogP contribution in [0.3, 0.4) is 0 Å². The number of rotatable bonds is 8. The van der Waals surface area contributed by atoms with E-state index in [-0.39, 0.29) is 12.5 Å². The summed E-state index contributed by atoms with van der Waals surface area (Å²) in [6.45, 7) is 2.29. The zero-order valence-corrected chi connectivity index (χ0v) is 14.5. The van der Waals surface area contributed by atoms with E-state index in [2.05, 4.69) is 10.5 Å². The van der Waals surface area contributed by atoms with Crippen LogP contribution >= 0.6 is 11.8 Å². The first-order chi connectivity index (χ1) is 11.7. The summed E-state index contributed by atoms with van der Waals surface area (Å²) in [6.07, 6.45) is 3.61. The van der Waals surface area contributed by atoms with E-state index in [0.29, 0.717) is 18.1 Å². The Morgan fingerprint density at radius 3 is 2.42 bits per heavy atom. The van der Waals surface area contributed by atoms with Crippen molar-refractivity contribution in [2.45, 2.75) is 11.8 Å². The number of nitrogens with zero attached hydrogens (tertiary/aromatic N) is 1. The van der Waals surface area contributed by atoms with E-state index in [1.807, 2.05) is 49.6 Å². The van der Waals surface area contributed by atoms with Crippen LogP contribution in [0.1, 0.15) is 12.5 Å². The number of hydrogen-bond acceptors (Lipinski definition) is 5. The molecule has 6 heteroatoms. The molecule has 0 unspecified atom stereocenters. The largest absolute Gasteiger partial charge is 0.490 e. The monoisotopic (exact) mass is 344 g/mol. The lowest BCUT2D eigenvalue weighted by molar-refractivity contribution is -0.123. The average Bonchev–Trinajstić information content (AvgIpc) is 2.62. The molecule has 0 bridgehead atoms. The van der Waals surface area contributed by atoms with E-state index in [0.717, 1.165) is 5.56 Å². The predicted octanol–water partition coefficient (Wildman–Crippen LogP) is 3.34. The molecule has 1 amide bonds. The van der Waals surface area contributed by atoms with Crippen LogP contribution in [0.2, 0.25) is 0 Å². The van der Waals surface area contributed by atoms with E-state index in [1.54, 1.807) is 30.1 Å². The van der Waals surface area contributed by atoms with Crippen molar-refractivity contribution >= 4 is 23.9 Å². The average molecular weight is 344 g/mol. The number of thioether (sulfide) groups is 1. The Bertz CT molecular complexity index is 687. The van der Waals surface area contributed by atoms with Gasteiger partial charge in [-0.3, -0.25) is 4.79 Å². The summed E-state index contributed by atoms with van der Waals surface area (Å²) in [4.78, 5) is 13.0. The van der Waals surface area contributed by atoms with Gasteiger partial charge in [-0.2, -0.15) is 5.10 Å². The Balaban J connectivity index is 1.82. The van der Waals surface area contributed by atoms with Crippen molar-refractivity contribution < 1.29 is 14.3 Å². The fourth-order valence-electron chi connectivity index (χ4n) is 1.89. The zero-order valence-electron chi connectivity index (χ0n) is 13.7. The number of benzene rings is 2. The van der Waals surface area contributed by atoms with Gasteiger partial charge in [0.15, 0.2) is 18.1 Å². The Morgan fingerprint density at radius 2 is 1.79 bits per heavy atom. The maximum atomic E-state index is 11.8. The number of ether oxygens (including phenoxy) is 2. The number of hydrazone groups is 1. The van der Waals surface area contributed by atoms with Gasteiger partial charge < -0.3 is 9.47 Å². The quantitative estimate of drug-likeness (QED) is 0.453. The van der Waals surface area contributed by atoms with Gasteiger partial charge in [-0.25, -0.2) is 5.43 Å². The second kappa shape index (κ2) is 9.62. The lowest BCUT2D eigenvalue weighted by Crippen LogP contribution is -2.24. The second-order valence-electron chi connectivity index (χ2n) is 4.73. The number of para-hydroxylation sites is 2. The molecule has 0 fully saturated rings. The minimum atomic E-state index is -0.335. The van der Waals surface area contributed by atoms with Gasteiger partial charge in [-0.15, -0.1) is 11.8 Å². The normalized spacial score (nSPS) is 10.6. The van der Waals surface area contributed by atoms with Crippen molar-refractivity contribution in [1.29, 1.82) is 0 Å². The SMILES string of the molecule is CCOc1ccccc1OCC(=O)N/N=C/c1ccc(SC)cc1. The van der Waals surface area contributed by atoms with Crippen molar-refractivity contribution in [3.63, 3.8) is 0 Å². The highest BCUT2D eigenvalue weighted by atomic mass is 32.2. The molecule has 5 nitrogen and oxygen atoms in total. The van der Waals surface area contributed by atoms with E-state index < -0.39 is 0 Å². The maximum absolute atomic E-state index is 11.8. The summed E-state index contributed by atoms with van der Waals surface area (Å²) in [6, 6.07) is 15.1. The molecule has 126 valence electrons. The number of carbonyl (C=O) groups excluding carboxylic acids is 1. The van der Waals surface area contributed by atoms with Crippen molar-refractivity contribution in [2.24, 2.45) is 5.10 Å². The molecule has 2 aromatic carbocycles. The number of carbonyl (C=O) groups is 1. The Hall–Kier alpha value is -2.47. The van der Waals surface area contributed by atoms with E-state index in [4.69, 9.17) is 9.47 Å². The van der Waals surface area contributed by atoms with Crippen LogP contribution < -0.4 is 14.9 Å². The van der Waals surface area contributed by atoms with Crippen LogP contribution in [-0.2, 0) is 4.79 Å². The minimum absolute atomic E-state index is 0.132. The third-order valence-corrected chi connectivity index (χ3v) is 3.77. The van der Waals surface area contributed by atoms with Crippen LogP contribution in [0.25, 0.3) is 0 Å². The molecule has 0 saturated heterocycles. The van der Waals surface area contributed by atoms with Gasteiger partial charge in [-0.1, -0.05) is 24.3 Å². The lowest BCUT2D eigenvalue weighted by Gasteiger charge is -2.10. The molecule has 2 aromatic rings. The molecule has 0 spiro atoms. The number of nitrogens with one attached hydrogen (secondary N) is 1. The lowest BCUT2D eigenvalue weighted by atomic mass is 10.2. The van der Waals surface area contributed by atoms with Crippen LogP contribution in [0.4, 0.5) is 0 Å². The maximum Gasteiger partial charge on any atom is 0.277 e. The van der Waals surface area contributed by atoms with E-state index in [9.17, 15) is 4.79 Å². The Labute approximate surface area is 146 Å². The molecule has 0 aliphatic rings. The standard InChI is InChI=1S/C18H20N2O3S/c1-3-22-16-6-4-5-7-17(16)23-13-18(21)20-19-12-14-8-10-15(24-2)11-9-14/h4-12H,3,13H2,1-2H3,(H,20,21)/b19-12+. The smallest absolute Gasteiger partial charge is 0.277 e. The van der Waals surface area contributed by atoms with E-state index in [1.165, 1.54) is 4.90 Å². The fraction of sp³-hybridized carbons (Fsp3) is 0.222. The van der Waals surface area contributed by atoms with Gasteiger partial charge in [0.05, 0.1) is 12.8 Å². The van der Waals surface area contributed by atoms with Crippen molar-refractivity contribution in [2.75, 3.05) is 19.5 Å². The summed E-state index contributed by atoms with van der Waals surface area (Å²) < 4.78 is 10.9. The second-order valence-corrected chi connectivity index (χ2v) is 5.61. The summed E-state index contributed by atoms with van der Waals surface area (Å²) in [5.74, 6) is 0.814. The molecule has 0 aliphatic heterocycles. The summed E-state index contributed by atoms with van der Waals surface area (Å²) in [5, 5.41) is 3.93. The summed E-state index contributed by atoms with van der Waals surface area (Å²) >= 11 is 1.67. The molecule has 0 saturated carbocycles. The molecular formula is C18H20N2O3S. The molecular weight excluding hydrogens is 324 g/mol. The molecule has 0 heterocycles. The fourth-order valence-corrected chi connectivity index (χ4v) is 2.30. The van der Waals surface area contributed by atoms with Crippen molar-refractivity contribution in [3.8, 4) is 11.5 Å². The third-order valence-electron chi connectivity index (χ3n) is 3.03. The highest BCUT2D eigenvalue weighted by Crippen LogP contribution is 2.26. The van der Waals surface area contributed by atoms with Gasteiger partial charge in [0, 0.05) is 4.90 Å². The Morgan fingerprint density at radius 1 is 1.12 bits per heavy atom.